The molecule has 0 spiro atoms. The van der Waals surface area contributed by atoms with Crippen molar-refractivity contribution in [1.82, 2.24) is 5.32 Å². The van der Waals surface area contributed by atoms with Gasteiger partial charge in [-0.1, -0.05) is 36.4 Å². The van der Waals surface area contributed by atoms with Gasteiger partial charge >= 0.3 is 5.97 Å². The lowest BCUT2D eigenvalue weighted by atomic mass is 10.1. The SMILES string of the molecule is Cc1c(C(=O)NC2CC2)oc2ccccc12.Cc1c(C(=O)O)oc2ccccc12. The van der Waals surface area contributed by atoms with E-state index < -0.39 is 5.97 Å². The van der Waals surface area contributed by atoms with Crippen molar-refractivity contribution in [3.63, 3.8) is 0 Å². The number of benzene rings is 2. The van der Waals surface area contributed by atoms with E-state index in [-0.39, 0.29) is 11.7 Å². The second-order valence-electron chi connectivity index (χ2n) is 7.16. The second-order valence-corrected chi connectivity index (χ2v) is 7.16. The zero-order valence-electron chi connectivity index (χ0n) is 16.2. The van der Waals surface area contributed by atoms with Crippen LogP contribution in [-0.4, -0.2) is 23.0 Å². The van der Waals surface area contributed by atoms with Crippen LogP contribution in [0, 0.1) is 13.8 Å². The number of nitrogens with one attached hydrogen (secondary N) is 1. The van der Waals surface area contributed by atoms with Gasteiger partial charge in [-0.3, -0.25) is 4.79 Å². The Balaban J connectivity index is 0.000000145. The Kier molecular flexibility index (Phi) is 4.84. The standard InChI is InChI=1S/C13H13NO2.C10H8O3/c1-8-10-4-2-3-5-11(10)16-12(8)13(15)14-9-6-7-9;1-6-7-4-2-3-5-8(7)13-9(6)10(11)12/h2-5,9H,6-7H2,1H3,(H,14,15);2-5H,1H3,(H,11,12). The van der Waals surface area contributed by atoms with Gasteiger partial charge in [-0.25, -0.2) is 4.79 Å². The third-order valence-electron chi connectivity index (χ3n) is 5.00. The minimum atomic E-state index is -1.02. The molecule has 0 aliphatic heterocycles. The molecule has 29 heavy (non-hydrogen) atoms. The Bertz CT molecular complexity index is 1210. The van der Waals surface area contributed by atoms with Gasteiger partial charge in [0.05, 0.1) is 0 Å². The summed E-state index contributed by atoms with van der Waals surface area (Å²) < 4.78 is 10.7. The first-order chi connectivity index (χ1) is 14.0. The highest BCUT2D eigenvalue weighted by molar-refractivity contribution is 5.99. The Morgan fingerprint density at radius 3 is 1.83 bits per heavy atom. The highest BCUT2D eigenvalue weighted by Gasteiger charge is 2.26. The van der Waals surface area contributed by atoms with Gasteiger partial charge < -0.3 is 19.3 Å². The maximum atomic E-state index is 11.9. The van der Waals surface area contributed by atoms with E-state index in [1.54, 1.807) is 13.0 Å². The minimum absolute atomic E-state index is 0.0289. The van der Waals surface area contributed by atoms with Gasteiger partial charge in [0.25, 0.3) is 5.91 Å². The van der Waals surface area contributed by atoms with E-state index in [1.807, 2.05) is 49.4 Å². The van der Waals surface area contributed by atoms with Crippen LogP contribution in [0.2, 0.25) is 0 Å². The lowest BCUT2D eigenvalue weighted by Gasteiger charge is -1.99. The Morgan fingerprint density at radius 1 is 0.862 bits per heavy atom. The number of amides is 1. The van der Waals surface area contributed by atoms with Crippen molar-refractivity contribution < 1.29 is 23.5 Å². The predicted octanol–water partition coefficient (Wildman–Crippen LogP) is 5.07. The maximum absolute atomic E-state index is 11.9. The molecule has 5 rings (SSSR count). The van der Waals surface area contributed by atoms with Crippen molar-refractivity contribution in [1.29, 1.82) is 0 Å². The molecular weight excluding hydrogens is 370 g/mol. The molecular formula is C23H21NO5. The number of aryl methyl sites for hydroxylation is 2. The number of aromatic carboxylic acids is 1. The summed E-state index contributed by atoms with van der Waals surface area (Å²) in [7, 11) is 0. The fraction of sp³-hybridized carbons (Fsp3) is 0.217. The largest absolute Gasteiger partial charge is 0.475 e. The second kappa shape index (κ2) is 7.47. The summed E-state index contributed by atoms with van der Waals surface area (Å²) in [5.74, 6) is -0.626. The first-order valence-corrected chi connectivity index (χ1v) is 9.46. The molecule has 0 atom stereocenters. The smallest absolute Gasteiger partial charge is 0.372 e. The minimum Gasteiger partial charge on any atom is -0.475 e. The molecule has 2 N–H and O–H groups in total. The van der Waals surface area contributed by atoms with Crippen LogP contribution in [0.15, 0.2) is 57.4 Å². The average molecular weight is 391 g/mol. The molecule has 6 heteroatoms. The van der Waals surface area contributed by atoms with Gasteiger partial charge in [0.1, 0.15) is 11.2 Å². The van der Waals surface area contributed by atoms with E-state index in [2.05, 4.69) is 5.32 Å². The number of hydrogen-bond donors (Lipinski definition) is 2. The molecule has 148 valence electrons. The number of hydrogen-bond acceptors (Lipinski definition) is 4. The molecule has 2 aromatic heterocycles. The monoisotopic (exact) mass is 391 g/mol. The molecule has 4 aromatic rings. The zero-order valence-corrected chi connectivity index (χ0v) is 16.2. The molecule has 6 nitrogen and oxygen atoms in total. The first kappa shape index (κ1) is 18.8. The number of rotatable bonds is 3. The summed E-state index contributed by atoms with van der Waals surface area (Å²) >= 11 is 0. The van der Waals surface area contributed by atoms with Crippen LogP contribution in [0.1, 0.15) is 45.1 Å². The topological polar surface area (TPSA) is 92.7 Å². The molecule has 1 aliphatic rings. The van der Waals surface area contributed by atoms with Gasteiger partial charge in [0.2, 0.25) is 5.76 Å². The molecule has 1 aliphatic carbocycles. The summed E-state index contributed by atoms with van der Waals surface area (Å²) in [6, 6.07) is 15.4. The van der Waals surface area contributed by atoms with Crippen LogP contribution in [-0.2, 0) is 0 Å². The van der Waals surface area contributed by atoms with Crippen molar-refractivity contribution in [2.75, 3.05) is 0 Å². The lowest BCUT2D eigenvalue weighted by Crippen LogP contribution is -2.25. The number of carboxylic acid groups (broad SMARTS) is 1. The van der Waals surface area contributed by atoms with Gasteiger partial charge in [0, 0.05) is 27.9 Å². The number of furan rings is 2. The van der Waals surface area contributed by atoms with Crippen molar-refractivity contribution in [3.05, 3.63) is 71.2 Å². The number of para-hydroxylation sites is 2. The van der Waals surface area contributed by atoms with Crippen LogP contribution in [0.4, 0.5) is 0 Å². The lowest BCUT2D eigenvalue weighted by molar-refractivity contribution is 0.0663. The van der Waals surface area contributed by atoms with E-state index in [4.69, 9.17) is 13.9 Å². The third kappa shape index (κ3) is 3.74. The van der Waals surface area contributed by atoms with E-state index >= 15 is 0 Å². The van der Waals surface area contributed by atoms with Crippen LogP contribution in [0.3, 0.4) is 0 Å². The quantitative estimate of drug-likeness (QED) is 0.508. The van der Waals surface area contributed by atoms with Crippen LogP contribution < -0.4 is 5.32 Å². The van der Waals surface area contributed by atoms with Gasteiger partial charge in [-0.05, 0) is 38.8 Å². The molecule has 1 fully saturated rings. The normalized spacial score (nSPS) is 13.2. The van der Waals surface area contributed by atoms with Gasteiger partial charge in [-0.15, -0.1) is 0 Å². The average Bonchev–Trinajstić information content (AvgIpc) is 3.38. The van der Waals surface area contributed by atoms with Crippen LogP contribution >= 0.6 is 0 Å². The first-order valence-electron chi connectivity index (χ1n) is 9.46. The molecule has 0 radical (unpaired) electrons. The van der Waals surface area contributed by atoms with E-state index in [9.17, 15) is 9.59 Å². The van der Waals surface area contributed by atoms with E-state index in [0.717, 1.165) is 34.8 Å². The van der Waals surface area contributed by atoms with Crippen LogP contribution in [0.5, 0.6) is 0 Å². The molecule has 0 unspecified atom stereocenters. The van der Waals surface area contributed by atoms with E-state index in [0.29, 0.717) is 22.9 Å². The Labute approximate surface area is 167 Å². The van der Waals surface area contributed by atoms with Crippen molar-refractivity contribution in [2.45, 2.75) is 32.7 Å². The Morgan fingerprint density at radius 2 is 1.34 bits per heavy atom. The maximum Gasteiger partial charge on any atom is 0.372 e. The Hall–Kier alpha value is -3.54. The summed E-state index contributed by atoms with van der Waals surface area (Å²) in [5.41, 5.74) is 3.01. The number of carboxylic acids is 1. The summed E-state index contributed by atoms with van der Waals surface area (Å²) in [5, 5.41) is 13.6. The molecule has 0 bridgehead atoms. The molecule has 0 saturated heterocycles. The van der Waals surface area contributed by atoms with Gasteiger partial charge in [-0.2, -0.15) is 0 Å². The van der Waals surface area contributed by atoms with Crippen LogP contribution in [0.25, 0.3) is 21.9 Å². The summed E-state index contributed by atoms with van der Waals surface area (Å²) in [6.07, 6.45) is 2.18. The van der Waals surface area contributed by atoms with E-state index in [1.165, 1.54) is 0 Å². The van der Waals surface area contributed by atoms with Crippen molar-refractivity contribution >= 4 is 33.8 Å². The fourth-order valence-electron chi connectivity index (χ4n) is 3.25. The summed E-state index contributed by atoms with van der Waals surface area (Å²) in [6.45, 7) is 3.67. The van der Waals surface area contributed by atoms with Gasteiger partial charge in [0.15, 0.2) is 5.76 Å². The fourth-order valence-corrected chi connectivity index (χ4v) is 3.25. The molecule has 1 amide bonds. The molecule has 2 heterocycles. The number of carbonyl (C=O) groups excluding carboxylic acids is 1. The highest BCUT2D eigenvalue weighted by Crippen LogP contribution is 2.26. The highest BCUT2D eigenvalue weighted by atomic mass is 16.4. The zero-order chi connectivity index (χ0) is 20.5. The summed E-state index contributed by atoms with van der Waals surface area (Å²) in [4.78, 5) is 22.6. The number of fused-ring (bicyclic) bond motifs is 2. The molecule has 1 saturated carbocycles. The predicted molar refractivity (Wildman–Crippen MR) is 109 cm³/mol. The molecule has 2 aromatic carbocycles. The van der Waals surface area contributed by atoms with Crippen molar-refractivity contribution in [3.8, 4) is 0 Å². The third-order valence-corrected chi connectivity index (χ3v) is 5.00. The van der Waals surface area contributed by atoms with Crippen molar-refractivity contribution in [2.24, 2.45) is 0 Å². The number of carbonyl (C=O) groups is 2.